The first kappa shape index (κ1) is 24.3. The van der Waals surface area contributed by atoms with E-state index in [9.17, 15) is 4.79 Å². The molecule has 35 heavy (non-hydrogen) atoms. The van der Waals surface area contributed by atoms with Gasteiger partial charge in [0.05, 0.1) is 30.1 Å². The van der Waals surface area contributed by atoms with Gasteiger partial charge in [-0.25, -0.2) is 4.98 Å². The maximum atomic E-state index is 13.3. The number of benzene rings is 2. The van der Waals surface area contributed by atoms with Gasteiger partial charge in [-0.05, 0) is 49.2 Å². The molecule has 8 heteroatoms. The Bertz CT molecular complexity index is 1140. The number of carbonyl (C=O) groups excluding carboxylic acids is 1. The zero-order valence-corrected chi connectivity index (χ0v) is 20.9. The SMILES string of the molecule is O=C([C@@H]1CCCN(Cc2nc3ccccc3n2Cc2ccc(Cl)cc2)C1)N1CCN(CCO)CC1. The van der Waals surface area contributed by atoms with Gasteiger partial charge in [0.2, 0.25) is 5.91 Å². The van der Waals surface area contributed by atoms with Crippen LogP contribution in [0, 0.1) is 5.92 Å². The second-order valence-electron chi connectivity index (χ2n) is 9.69. The summed E-state index contributed by atoms with van der Waals surface area (Å²) in [7, 11) is 0. The third kappa shape index (κ3) is 5.70. The number of hydrogen-bond donors (Lipinski definition) is 1. The summed E-state index contributed by atoms with van der Waals surface area (Å²) in [6, 6.07) is 16.3. The second-order valence-corrected chi connectivity index (χ2v) is 10.1. The standard InChI is InChI=1S/C27H34ClN5O2/c28-23-9-7-21(8-10-23)18-33-25-6-2-1-5-24(25)29-26(33)20-31-11-3-4-22(19-31)27(35)32-14-12-30(13-15-32)16-17-34/h1-2,5-10,22,34H,3-4,11-20H2/t22-/m1/s1. The van der Waals surface area contributed by atoms with Gasteiger partial charge in [-0.2, -0.15) is 0 Å². The van der Waals surface area contributed by atoms with Crippen LogP contribution in [0.1, 0.15) is 24.2 Å². The Hall–Kier alpha value is -2.45. The number of halogens is 1. The highest BCUT2D eigenvalue weighted by molar-refractivity contribution is 6.30. The van der Waals surface area contributed by atoms with Crippen molar-refractivity contribution in [3.63, 3.8) is 0 Å². The Kier molecular flexibility index (Phi) is 7.68. The number of carbonyl (C=O) groups is 1. The molecular weight excluding hydrogens is 462 g/mol. The average molecular weight is 496 g/mol. The molecule has 5 rings (SSSR count). The molecule has 1 N–H and O–H groups in total. The van der Waals surface area contributed by atoms with E-state index in [4.69, 9.17) is 21.7 Å². The first-order valence-electron chi connectivity index (χ1n) is 12.6. The largest absolute Gasteiger partial charge is 0.395 e. The summed E-state index contributed by atoms with van der Waals surface area (Å²) in [5.41, 5.74) is 3.32. The van der Waals surface area contributed by atoms with Crippen LogP contribution in [-0.4, -0.2) is 87.7 Å². The number of aliphatic hydroxyl groups excluding tert-OH is 1. The first-order chi connectivity index (χ1) is 17.1. The van der Waals surface area contributed by atoms with Crippen LogP contribution >= 0.6 is 11.6 Å². The van der Waals surface area contributed by atoms with E-state index in [1.807, 2.05) is 23.1 Å². The van der Waals surface area contributed by atoms with Crippen molar-refractivity contribution in [1.82, 2.24) is 24.3 Å². The van der Waals surface area contributed by atoms with Gasteiger partial charge in [-0.3, -0.25) is 14.6 Å². The lowest BCUT2D eigenvalue weighted by atomic mass is 9.96. The Balaban J connectivity index is 1.28. The minimum absolute atomic E-state index is 0.0437. The molecule has 0 spiro atoms. The van der Waals surface area contributed by atoms with Crippen molar-refractivity contribution in [3.05, 3.63) is 64.9 Å². The smallest absolute Gasteiger partial charge is 0.227 e. The second kappa shape index (κ2) is 11.1. The summed E-state index contributed by atoms with van der Waals surface area (Å²) in [5.74, 6) is 1.36. The summed E-state index contributed by atoms with van der Waals surface area (Å²) in [6.07, 6.45) is 1.98. The minimum Gasteiger partial charge on any atom is -0.395 e. The van der Waals surface area contributed by atoms with Gasteiger partial charge in [-0.15, -0.1) is 0 Å². The van der Waals surface area contributed by atoms with Crippen molar-refractivity contribution in [1.29, 1.82) is 0 Å². The number of β-amino-alcohol motifs (C(OH)–C–C–N with tert-alkyl or cyclic N) is 1. The quantitative estimate of drug-likeness (QED) is 0.545. The van der Waals surface area contributed by atoms with Gasteiger partial charge >= 0.3 is 0 Å². The first-order valence-corrected chi connectivity index (χ1v) is 13.0. The molecule has 0 aliphatic carbocycles. The topological polar surface area (TPSA) is 64.8 Å². The van der Waals surface area contributed by atoms with Gasteiger partial charge in [0.25, 0.3) is 0 Å². The summed E-state index contributed by atoms with van der Waals surface area (Å²) < 4.78 is 2.30. The highest BCUT2D eigenvalue weighted by atomic mass is 35.5. The highest BCUT2D eigenvalue weighted by Crippen LogP contribution is 2.24. The van der Waals surface area contributed by atoms with E-state index in [1.165, 1.54) is 5.56 Å². The van der Waals surface area contributed by atoms with Crippen molar-refractivity contribution in [2.75, 3.05) is 52.4 Å². The number of piperazine rings is 1. The molecule has 3 aromatic rings. The molecule has 2 aliphatic heterocycles. The number of hydrogen-bond acceptors (Lipinski definition) is 5. The number of nitrogens with zero attached hydrogens (tertiary/aromatic N) is 5. The van der Waals surface area contributed by atoms with Crippen molar-refractivity contribution >= 4 is 28.5 Å². The normalized spacial score (nSPS) is 19.9. The number of amides is 1. The third-order valence-corrected chi connectivity index (χ3v) is 7.56. The number of aromatic nitrogens is 2. The van der Waals surface area contributed by atoms with Crippen LogP contribution in [0.5, 0.6) is 0 Å². The van der Waals surface area contributed by atoms with Crippen LogP contribution in [0.4, 0.5) is 0 Å². The summed E-state index contributed by atoms with van der Waals surface area (Å²) in [6.45, 7) is 7.30. The predicted molar refractivity (Wildman–Crippen MR) is 138 cm³/mol. The van der Waals surface area contributed by atoms with Crippen LogP contribution in [0.15, 0.2) is 48.5 Å². The van der Waals surface area contributed by atoms with Gasteiger partial charge < -0.3 is 14.6 Å². The number of piperidine rings is 1. The lowest BCUT2D eigenvalue weighted by Gasteiger charge is -2.38. The van der Waals surface area contributed by atoms with Crippen LogP contribution in [0.3, 0.4) is 0 Å². The van der Waals surface area contributed by atoms with Gasteiger partial charge in [0.1, 0.15) is 5.82 Å². The lowest BCUT2D eigenvalue weighted by Crippen LogP contribution is -2.52. The van der Waals surface area contributed by atoms with E-state index in [0.717, 1.165) is 87.1 Å². The Morgan fingerprint density at radius 3 is 2.51 bits per heavy atom. The molecule has 2 saturated heterocycles. The summed E-state index contributed by atoms with van der Waals surface area (Å²) >= 11 is 6.10. The van der Waals surface area contributed by atoms with Crippen LogP contribution in [0.2, 0.25) is 5.02 Å². The molecular formula is C27H34ClN5O2. The number of aliphatic hydroxyl groups is 1. The molecule has 0 radical (unpaired) electrons. The highest BCUT2D eigenvalue weighted by Gasteiger charge is 2.31. The molecule has 1 aromatic heterocycles. The van der Waals surface area contributed by atoms with E-state index < -0.39 is 0 Å². The molecule has 7 nitrogen and oxygen atoms in total. The number of para-hydroxylation sites is 2. The Morgan fingerprint density at radius 2 is 1.74 bits per heavy atom. The van der Waals surface area contributed by atoms with E-state index in [-0.39, 0.29) is 18.4 Å². The Morgan fingerprint density at radius 1 is 0.971 bits per heavy atom. The van der Waals surface area contributed by atoms with Crippen molar-refractivity contribution < 1.29 is 9.90 Å². The molecule has 2 aliphatic rings. The predicted octanol–water partition coefficient (Wildman–Crippen LogP) is 3.09. The fourth-order valence-electron chi connectivity index (χ4n) is 5.39. The van der Waals surface area contributed by atoms with Gasteiger partial charge in [0.15, 0.2) is 0 Å². The molecule has 2 aromatic carbocycles. The molecule has 0 bridgehead atoms. The maximum Gasteiger partial charge on any atom is 0.227 e. The van der Waals surface area contributed by atoms with Gasteiger partial charge in [-0.1, -0.05) is 35.9 Å². The fourth-order valence-corrected chi connectivity index (χ4v) is 5.51. The number of imidazole rings is 1. The van der Waals surface area contributed by atoms with E-state index in [0.29, 0.717) is 6.54 Å². The van der Waals surface area contributed by atoms with Crippen LogP contribution in [0.25, 0.3) is 11.0 Å². The molecule has 0 unspecified atom stereocenters. The number of likely N-dealkylation sites (tertiary alicyclic amines) is 1. The molecule has 0 saturated carbocycles. The number of fused-ring (bicyclic) bond motifs is 1. The molecule has 1 amide bonds. The lowest BCUT2D eigenvalue weighted by molar-refractivity contribution is -0.139. The fraction of sp³-hybridized carbons (Fsp3) is 0.481. The van der Waals surface area contributed by atoms with Crippen LogP contribution < -0.4 is 0 Å². The van der Waals surface area contributed by atoms with Crippen LogP contribution in [-0.2, 0) is 17.9 Å². The third-order valence-electron chi connectivity index (χ3n) is 7.31. The molecule has 2 fully saturated rings. The number of rotatable bonds is 7. The zero-order valence-electron chi connectivity index (χ0n) is 20.2. The minimum atomic E-state index is 0.0437. The average Bonchev–Trinajstić information content (AvgIpc) is 3.22. The van der Waals surface area contributed by atoms with E-state index in [1.54, 1.807) is 0 Å². The van der Waals surface area contributed by atoms with Crippen molar-refractivity contribution in [2.45, 2.75) is 25.9 Å². The maximum absolute atomic E-state index is 13.3. The van der Waals surface area contributed by atoms with E-state index >= 15 is 0 Å². The Labute approximate surface area is 211 Å². The molecule has 1 atom stereocenters. The summed E-state index contributed by atoms with van der Waals surface area (Å²) in [5, 5.41) is 9.91. The molecule has 186 valence electrons. The summed E-state index contributed by atoms with van der Waals surface area (Å²) in [4.78, 5) is 24.9. The van der Waals surface area contributed by atoms with E-state index in [2.05, 4.69) is 44.7 Å². The van der Waals surface area contributed by atoms with Crippen molar-refractivity contribution in [2.24, 2.45) is 5.92 Å². The monoisotopic (exact) mass is 495 g/mol. The van der Waals surface area contributed by atoms with Gasteiger partial charge in [0, 0.05) is 50.8 Å². The zero-order chi connectivity index (χ0) is 24.2. The molecule has 3 heterocycles. The van der Waals surface area contributed by atoms with Crippen molar-refractivity contribution in [3.8, 4) is 0 Å².